The average molecular weight is 264 g/mol. The summed E-state index contributed by atoms with van der Waals surface area (Å²) in [4.78, 5) is 25.2. The van der Waals surface area contributed by atoms with Crippen molar-refractivity contribution in [1.82, 2.24) is 10.2 Å². The van der Waals surface area contributed by atoms with Crippen molar-refractivity contribution in [3.63, 3.8) is 0 Å². The summed E-state index contributed by atoms with van der Waals surface area (Å²) in [6.07, 6.45) is 0.745. The quantitative estimate of drug-likeness (QED) is 0.842. The summed E-state index contributed by atoms with van der Waals surface area (Å²) in [5.74, 6) is -0.616. The maximum atomic E-state index is 12.3. The van der Waals surface area contributed by atoms with E-state index in [4.69, 9.17) is 0 Å². The van der Waals surface area contributed by atoms with Crippen molar-refractivity contribution in [1.29, 1.82) is 0 Å². The van der Waals surface area contributed by atoms with E-state index in [-0.39, 0.29) is 29.7 Å². The number of aryl methyl sites for hydroxylation is 1. The van der Waals surface area contributed by atoms with Gasteiger partial charge in [-0.15, -0.1) is 0 Å². The van der Waals surface area contributed by atoms with Gasteiger partial charge in [-0.3, -0.25) is 9.59 Å². The third-order valence-electron chi connectivity index (χ3n) is 2.78. The van der Waals surface area contributed by atoms with Crippen molar-refractivity contribution in [3.05, 3.63) is 29.3 Å². The molecule has 2 amide bonds. The first-order chi connectivity index (χ1) is 8.99. The zero-order valence-corrected chi connectivity index (χ0v) is 11.6. The lowest BCUT2D eigenvalue weighted by Gasteiger charge is -2.21. The lowest BCUT2D eigenvalue weighted by molar-refractivity contribution is -0.121. The Morgan fingerprint density at radius 2 is 2.05 bits per heavy atom. The second-order valence-corrected chi connectivity index (χ2v) is 4.42. The van der Waals surface area contributed by atoms with Gasteiger partial charge in [-0.05, 0) is 25.5 Å². The molecule has 0 saturated carbocycles. The first-order valence-corrected chi connectivity index (χ1v) is 6.29. The summed E-state index contributed by atoms with van der Waals surface area (Å²) in [5, 5.41) is 12.3. The number of likely N-dealkylation sites (N-methyl/N-ethyl adjacent to an activating group) is 1. The number of phenols is 1. The number of carbonyl (C=O) groups is 2. The maximum Gasteiger partial charge on any atom is 0.258 e. The zero-order valence-electron chi connectivity index (χ0n) is 11.6. The van der Waals surface area contributed by atoms with Crippen LogP contribution in [0.5, 0.6) is 5.75 Å². The van der Waals surface area contributed by atoms with Gasteiger partial charge in [-0.1, -0.05) is 18.6 Å². The van der Waals surface area contributed by atoms with Gasteiger partial charge in [0.2, 0.25) is 5.91 Å². The molecule has 0 aromatic heterocycles. The predicted molar refractivity (Wildman–Crippen MR) is 73.1 cm³/mol. The van der Waals surface area contributed by atoms with E-state index in [2.05, 4.69) is 5.32 Å². The van der Waals surface area contributed by atoms with E-state index in [0.717, 1.165) is 12.0 Å². The fourth-order valence-electron chi connectivity index (χ4n) is 1.77. The second kappa shape index (κ2) is 6.78. The van der Waals surface area contributed by atoms with Crippen LogP contribution in [-0.4, -0.2) is 42.0 Å². The number of rotatable bonds is 5. The SMILES string of the molecule is CCCN(CC(=O)NC)C(=O)c1cc(C)ccc1O. The summed E-state index contributed by atoms with van der Waals surface area (Å²) in [7, 11) is 1.53. The standard InChI is InChI=1S/C14H20N2O3/c1-4-7-16(9-13(18)15-3)14(19)11-8-10(2)5-6-12(11)17/h5-6,8,17H,4,7,9H2,1-3H3,(H,15,18). The van der Waals surface area contributed by atoms with Crippen LogP contribution in [0.3, 0.4) is 0 Å². The molecule has 5 heteroatoms. The van der Waals surface area contributed by atoms with Crippen molar-refractivity contribution in [3.8, 4) is 5.75 Å². The van der Waals surface area contributed by atoms with Crippen molar-refractivity contribution < 1.29 is 14.7 Å². The Morgan fingerprint density at radius 3 is 2.63 bits per heavy atom. The lowest BCUT2D eigenvalue weighted by Crippen LogP contribution is -2.40. The highest BCUT2D eigenvalue weighted by molar-refractivity contribution is 5.98. The molecule has 1 rings (SSSR count). The highest BCUT2D eigenvalue weighted by atomic mass is 16.3. The van der Waals surface area contributed by atoms with Crippen LogP contribution in [0.1, 0.15) is 29.3 Å². The number of hydrogen-bond acceptors (Lipinski definition) is 3. The number of nitrogens with one attached hydrogen (secondary N) is 1. The number of nitrogens with zero attached hydrogens (tertiary/aromatic N) is 1. The second-order valence-electron chi connectivity index (χ2n) is 4.42. The van der Waals surface area contributed by atoms with E-state index in [1.54, 1.807) is 12.1 Å². The van der Waals surface area contributed by atoms with Gasteiger partial charge in [0.25, 0.3) is 5.91 Å². The molecule has 0 aliphatic heterocycles. The molecule has 0 aliphatic carbocycles. The van der Waals surface area contributed by atoms with E-state index >= 15 is 0 Å². The molecule has 104 valence electrons. The van der Waals surface area contributed by atoms with Gasteiger partial charge in [0.15, 0.2) is 0 Å². The van der Waals surface area contributed by atoms with Crippen LogP contribution in [0.2, 0.25) is 0 Å². The Kier molecular flexibility index (Phi) is 5.36. The summed E-state index contributed by atoms with van der Waals surface area (Å²) in [6.45, 7) is 4.25. The Bertz CT molecular complexity index is 472. The van der Waals surface area contributed by atoms with Crippen LogP contribution < -0.4 is 5.32 Å². The number of amides is 2. The molecule has 0 atom stereocenters. The molecule has 0 aliphatic rings. The summed E-state index contributed by atoms with van der Waals surface area (Å²) < 4.78 is 0. The minimum atomic E-state index is -0.327. The van der Waals surface area contributed by atoms with Crippen LogP contribution in [0.25, 0.3) is 0 Å². The minimum absolute atomic E-state index is 0.00342. The van der Waals surface area contributed by atoms with Crippen LogP contribution in [-0.2, 0) is 4.79 Å². The third-order valence-corrected chi connectivity index (χ3v) is 2.78. The zero-order chi connectivity index (χ0) is 14.4. The number of phenolic OH excluding ortho intramolecular Hbond substituents is 1. The predicted octanol–water partition coefficient (Wildman–Crippen LogP) is 1.30. The van der Waals surface area contributed by atoms with Gasteiger partial charge in [0.05, 0.1) is 12.1 Å². The van der Waals surface area contributed by atoms with Gasteiger partial charge in [-0.25, -0.2) is 0 Å². The molecule has 0 radical (unpaired) electrons. The van der Waals surface area contributed by atoms with E-state index in [9.17, 15) is 14.7 Å². The smallest absolute Gasteiger partial charge is 0.258 e. The monoisotopic (exact) mass is 264 g/mol. The van der Waals surface area contributed by atoms with Gasteiger partial charge in [0, 0.05) is 13.6 Å². The number of hydrogen-bond donors (Lipinski definition) is 2. The third kappa shape index (κ3) is 3.98. The molecule has 2 N–H and O–H groups in total. The van der Waals surface area contributed by atoms with Gasteiger partial charge >= 0.3 is 0 Å². The topological polar surface area (TPSA) is 69.6 Å². The van der Waals surface area contributed by atoms with Crippen molar-refractivity contribution in [2.24, 2.45) is 0 Å². The molecular weight excluding hydrogens is 244 g/mol. The lowest BCUT2D eigenvalue weighted by atomic mass is 10.1. The largest absolute Gasteiger partial charge is 0.507 e. The van der Waals surface area contributed by atoms with Crippen molar-refractivity contribution in [2.75, 3.05) is 20.1 Å². The normalized spacial score (nSPS) is 10.1. The van der Waals surface area contributed by atoms with Crippen LogP contribution in [0, 0.1) is 6.92 Å². The van der Waals surface area contributed by atoms with E-state index in [1.807, 2.05) is 13.8 Å². The number of benzene rings is 1. The molecular formula is C14H20N2O3. The summed E-state index contributed by atoms with van der Waals surface area (Å²) in [5.41, 5.74) is 1.12. The van der Waals surface area contributed by atoms with Crippen LogP contribution in [0.4, 0.5) is 0 Å². The Balaban J connectivity index is 2.98. The molecule has 0 bridgehead atoms. The summed E-state index contributed by atoms with van der Waals surface area (Å²) >= 11 is 0. The molecule has 1 aromatic carbocycles. The van der Waals surface area contributed by atoms with Crippen LogP contribution >= 0.6 is 0 Å². The highest BCUT2D eigenvalue weighted by Crippen LogP contribution is 2.20. The average Bonchev–Trinajstić information content (AvgIpc) is 2.40. The van der Waals surface area contributed by atoms with Crippen LogP contribution in [0.15, 0.2) is 18.2 Å². The number of carbonyl (C=O) groups excluding carboxylic acids is 2. The molecule has 0 fully saturated rings. The van der Waals surface area contributed by atoms with E-state index in [1.165, 1.54) is 18.0 Å². The fourth-order valence-corrected chi connectivity index (χ4v) is 1.77. The minimum Gasteiger partial charge on any atom is -0.507 e. The Morgan fingerprint density at radius 1 is 1.37 bits per heavy atom. The molecule has 1 aromatic rings. The Hall–Kier alpha value is -2.04. The summed E-state index contributed by atoms with van der Waals surface area (Å²) in [6, 6.07) is 4.85. The molecule has 0 heterocycles. The van der Waals surface area contributed by atoms with Gasteiger partial charge in [-0.2, -0.15) is 0 Å². The Labute approximate surface area is 113 Å². The first kappa shape index (κ1) is 15.0. The molecule has 0 saturated heterocycles. The molecule has 19 heavy (non-hydrogen) atoms. The molecule has 0 unspecified atom stereocenters. The maximum absolute atomic E-state index is 12.3. The molecule has 0 spiro atoms. The van der Waals surface area contributed by atoms with Gasteiger partial charge < -0.3 is 15.3 Å². The first-order valence-electron chi connectivity index (χ1n) is 6.29. The van der Waals surface area contributed by atoms with Crippen molar-refractivity contribution >= 4 is 11.8 Å². The van der Waals surface area contributed by atoms with E-state index in [0.29, 0.717) is 6.54 Å². The molecule has 5 nitrogen and oxygen atoms in total. The van der Waals surface area contributed by atoms with Gasteiger partial charge in [0.1, 0.15) is 5.75 Å². The highest BCUT2D eigenvalue weighted by Gasteiger charge is 2.20. The fraction of sp³-hybridized carbons (Fsp3) is 0.429. The van der Waals surface area contributed by atoms with E-state index < -0.39 is 0 Å². The number of aromatic hydroxyl groups is 1. The van der Waals surface area contributed by atoms with Crippen molar-refractivity contribution in [2.45, 2.75) is 20.3 Å².